The summed E-state index contributed by atoms with van der Waals surface area (Å²) >= 11 is 0. The van der Waals surface area contributed by atoms with Gasteiger partial charge in [0.05, 0.1) is 6.20 Å². The largest absolute Gasteiger partial charge is 0.310 e. The third-order valence-corrected chi connectivity index (χ3v) is 3.38. The maximum Gasteiger partial charge on any atom is 0.0537 e. The normalized spacial score (nSPS) is 20.9. The van der Waals surface area contributed by atoms with Gasteiger partial charge in [0, 0.05) is 36.3 Å². The van der Waals surface area contributed by atoms with Crippen molar-refractivity contribution < 1.29 is 0 Å². The fourth-order valence-corrected chi connectivity index (χ4v) is 2.19. The Balaban J connectivity index is 1.75. The molecule has 2 saturated carbocycles. The molecule has 0 amide bonds. The number of hydrogen-bond acceptors (Lipinski definition) is 2. The van der Waals surface area contributed by atoms with Gasteiger partial charge in [0.15, 0.2) is 0 Å². The number of rotatable bonds is 5. The van der Waals surface area contributed by atoms with Crippen LogP contribution in [0.1, 0.15) is 49.8 Å². The summed E-state index contributed by atoms with van der Waals surface area (Å²) in [6, 6.07) is 0.794. The number of nitrogens with zero attached hydrogens (tertiary/aromatic N) is 2. The highest BCUT2D eigenvalue weighted by Gasteiger charge is 2.30. The van der Waals surface area contributed by atoms with Crippen molar-refractivity contribution in [1.82, 2.24) is 15.1 Å². The highest BCUT2D eigenvalue weighted by Crippen LogP contribution is 2.41. The second kappa shape index (κ2) is 3.63. The van der Waals surface area contributed by atoms with Gasteiger partial charge >= 0.3 is 0 Å². The SMILES string of the molecule is CCn1ncc(CNC2CC2)c1C1CC1. The molecular weight excluding hydrogens is 186 g/mol. The quantitative estimate of drug-likeness (QED) is 0.797. The maximum atomic E-state index is 4.47. The summed E-state index contributed by atoms with van der Waals surface area (Å²) in [7, 11) is 0. The zero-order valence-electron chi connectivity index (χ0n) is 9.37. The number of aromatic nitrogens is 2. The van der Waals surface area contributed by atoms with Gasteiger partial charge < -0.3 is 5.32 Å². The summed E-state index contributed by atoms with van der Waals surface area (Å²) in [4.78, 5) is 0. The van der Waals surface area contributed by atoms with Gasteiger partial charge in [-0.05, 0) is 32.6 Å². The molecule has 0 atom stereocenters. The van der Waals surface area contributed by atoms with Crippen LogP contribution in [0.15, 0.2) is 6.20 Å². The smallest absolute Gasteiger partial charge is 0.0537 e. The van der Waals surface area contributed by atoms with Crippen molar-refractivity contribution in [2.45, 2.75) is 57.7 Å². The van der Waals surface area contributed by atoms with E-state index in [1.807, 2.05) is 0 Å². The minimum atomic E-state index is 0.794. The predicted octanol–water partition coefficient (Wildman–Crippen LogP) is 2.03. The van der Waals surface area contributed by atoms with Crippen molar-refractivity contribution in [3.63, 3.8) is 0 Å². The lowest BCUT2D eigenvalue weighted by atomic mass is 10.1. The summed E-state index contributed by atoms with van der Waals surface area (Å²) in [6.07, 6.45) is 7.51. The van der Waals surface area contributed by atoms with E-state index in [4.69, 9.17) is 0 Å². The fraction of sp³-hybridized carbons (Fsp3) is 0.750. The molecule has 1 aromatic rings. The van der Waals surface area contributed by atoms with Crippen LogP contribution < -0.4 is 5.32 Å². The monoisotopic (exact) mass is 205 g/mol. The number of nitrogens with one attached hydrogen (secondary N) is 1. The van der Waals surface area contributed by atoms with Crippen LogP contribution in [0.3, 0.4) is 0 Å². The van der Waals surface area contributed by atoms with Crippen LogP contribution in [0.25, 0.3) is 0 Å². The average molecular weight is 205 g/mol. The van der Waals surface area contributed by atoms with Crippen LogP contribution in [0.4, 0.5) is 0 Å². The Labute approximate surface area is 90.9 Å². The van der Waals surface area contributed by atoms with Crippen LogP contribution in [0, 0.1) is 0 Å². The van der Waals surface area contributed by atoms with Gasteiger partial charge in [0.25, 0.3) is 0 Å². The van der Waals surface area contributed by atoms with E-state index in [1.54, 1.807) is 0 Å². The minimum absolute atomic E-state index is 0.794. The molecule has 3 heteroatoms. The zero-order valence-corrected chi connectivity index (χ0v) is 9.37. The maximum absolute atomic E-state index is 4.47. The number of hydrogen-bond donors (Lipinski definition) is 1. The lowest BCUT2D eigenvalue weighted by Gasteiger charge is -2.07. The van der Waals surface area contributed by atoms with Gasteiger partial charge in [0.2, 0.25) is 0 Å². The number of aryl methyl sites for hydroxylation is 1. The van der Waals surface area contributed by atoms with E-state index in [0.717, 1.165) is 25.0 Å². The Morgan fingerprint density at radius 2 is 2.20 bits per heavy atom. The lowest BCUT2D eigenvalue weighted by Crippen LogP contribution is -2.16. The first-order valence-electron chi connectivity index (χ1n) is 6.16. The van der Waals surface area contributed by atoms with Crippen LogP contribution >= 0.6 is 0 Å². The molecule has 3 rings (SSSR count). The first kappa shape index (κ1) is 9.40. The summed E-state index contributed by atoms with van der Waals surface area (Å²) in [6.45, 7) is 4.21. The van der Waals surface area contributed by atoms with Gasteiger partial charge in [-0.3, -0.25) is 4.68 Å². The average Bonchev–Trinajstić information content (AvgIpc) is 3.14. The Hall–Kier alpha value is -0.830. The molecule has 2 aliphatic rings. The van der Waals surface area contributed by atoms with Crippen LogP contribution in [-0.2, 0) is 13.1 Å². The third-order valence-electron chi connectivity index (χ3n) is 3.38. The Bertz CT molecular complexity index is 348. The molecule has 1 heterocycles. The first-order valence-corrected chi connectivity index (χ1v) is 6.16. The molecule has 0 radical (unpaired) electrons. The molecule has 82 valence electrons. The van der Waals surface area contributed by atoms with Crippen LogP contribution in [-0.4, -0.2) is 15.8 Å². The predicted molar refractivity (Wildman–Crippen MR) is 59.7 cm³/mol. The van der Waals surface area contributed by atoms with Crippen molar-refractivity contribution in [3.8, 4) is 0 Å². The second-order valence-electron chi connectivity index (χ2n) is 4.80. The van der Waals surface area contributed by atoms with E-state index in [1.165, 1.54) is 36.9 Å². The van der Waals surface area contributed by atoms with Crippen molar-refractivity contribution in [1.29, 1.82) is 0 Å². The van der Waals surface area contributed by atoms with Crippen LogP contribution in [0.2, 0.25) is 0 Å². The van der Waals surface area contributed by atoms with Crippen molar-refractivity contribution in [3.05, 3.63) is 17.5 Å². The van der Waals surface area contributed by atoms with Gasteiger partial charge in [-0.25, -0.2) is 0 Å². The summed E-state index contributed by atoms with van der Waals surface area (Å²) in [5, 5.41) is 8.05. The van der Waals surface area contributed by atoms with Gasteiger partial charge in [-0.15, -0.1) is 0 Å². The van der Waals surface area contributed by atoms with Gasteiger partial charge in [0.1, 0.15) is 0 Å². The summed E-state index contributed by atoms with van der Waals surface area (Å²) in [5.74, 6) is 0.809. The molecule has 0 aromatic carbocycles. The molecule has 1 aromatic heterocycles. The molecule has 15 heavy (non-hydrogen) atoms. The molecule has 0 aliphatic heterocycles. The minimum Gasteiger partial charge on any atom is -0.310 e. The molecule has 0 bridgehead atoms. The first-order chi connectivity index (χ1) is 7.38. The highest BCUT2D eigenvalue weighted by molar-refractivity contribution is 5.25. The van der Waals surface area contributed by atoms with E-state index in [2.05, 4.69) is 28.2 Å². The van der Waals surface area contributed by atoms with E-state index < -0.39 is 0 Å². The molecule has 1 N–H and O–H groups in total. The lowest BCUT2D eigenvalue weighted by molar-refractivity contribution is 0.615. The highest BCUT2D eigenvalue weighted by atomic mass is 15.3. The molecule has 2 aliphatic carbocycles. The molecule has 0 saturated heterocycles. The Morgan fingerprint density at radius 3 is 2.80 bits per heavy atom. The van der Waals surface area contributed by atoms with E-state index >= 15 is 0 Å². The van der Waals surface area contributed by atoms with Crippen molar-refractivity contribution in [2.75, 3.05) is 0 Å². The zero-order chi connectivity index (χ0) is 10.3. The topological polar surface area (TPSA) is 29.9 Å². The van der Waals surface area contributed by atoms with Gasteiger partial charge in [-0.2, -0.15) is 5.10 Å². The fourth-order valence-electron chi connectivity index (χ4n) is 2.19. The second-order valence-corrected chi connectivity index (χ2v) is 4.80. The summed E-state index contributed by atoms with van der Waals surface area (Å²) < 4.78 is 2.18. The van der Waals surface area contributed by atoms with E-state index in [0.29, 0.717) is 0 Å². The molecular formula is C12H19N3. The van der Waals surface area contributed by atoms with Crippen molar-refractivity contribution in [2.24, 2.45) is 0 Å². The Kier molecular flexibility index (Phi) is 2.28. The third kappa shape index (κ3) is 1.93. The van der Waals surface area contributed by atoms with Crippen LogP contribution in [0.5, 0.6) is 0 Å². The van der Waals surface area contributed by atoms with E-state index in [9.17, 15) is 0 Å². The molecule has 0 spiro atoms. The standard InChI is InChI=1S/C12H19N3/c1-2-15-12(9-3-4-9)10(8-14-15)7-13-11-5-6-11/h8-9,11,13H,2-7H2,1H3. The summed E-state index contributed by atoms with van der Waals surface area (Å²) in [5.41, 5.74) is 2.94. The van der Waals surface area contributed by atoms with Crippen molar-refractivity contribution >= 4 is 0 Å². The van der Waals surface area contributed by atoms with E-state index in [-0.39, 0.29) is 0 Å². The Morgan fingerprint density at radius 1 is 1.40 bits per heavy atom. The molecule has 2 fully saturated rings. The van der Waals surface area contributed by atoms with Gasteiger partial charge in [-0.1, -0.05) is 0 Å². The molecule has 3 nitrogen and oxygen atoms in total. The molecule has 0 unspecified atom stereocenters.